The SMILES string of the molecule is Cn1ncc(CNC(=O)NC2CCOCC23CCCC3)n1. The van der Waals surface area contributed by atoms with Crippen molar-refractivity contribution in [2.24, 2.45) is 12.5 Å². The number of nitrogens with one attached hydrogen (secondary N) is 2. The number of hydrogen-bond acceptors (Lipinski definition) is 4. The molecule has 1 atom stereocenters. The first-order valence-electron chi connectivity index (χ1n) is 7.65. The number of amides is 2. The van der Waals surface area contributed by atoms with E-state index in [0.717, 1.165) is 38.2 Å². The van der Waals surface area contributed by atoms with Gasteiger partial charge < -0.3 is 15.4 Å². The summed E-state index contributed by atoms with van der Waals surface area (Å²) in [4.78, 5) is 13.6. The van der Waals surface area contributed by atoms with Crippen LogP contribution in [0, 0.1) is 5.41 Å². The predicted molar refractivity (Wildman–Crippen MR) is 76.5 cm³/mol. The average molecular weight is 293 g/mol. The minimum Gasteiger partial charge on any atom is -0.381 e. The van der Waals surface area contributed by atoms with Gasteiger partial charge in [0, 0.05) is 25.1 Å². The van der Waals surface area contributed by atoms with Gasteiger partial charge in [0.2, 0.25) is 0 Å². The van der Waals surface area contributed by atoms with E-state index < -0.39 is 0 Å². The first-order valence-corrected chi connectivity index (χ1v) is 7.65. The Kier molecular flexibility index (Phi) is 4.10. The monoisotopic (exact) mass is 293 g/mol. The number of nitrogens with zero attached hydrogens (tertiary/aromatic N) is 3. The van der Waals surface area contributed by atoms with Crippen LogP contribution >= 0.6 is 0 Å². The molecule has 2 heterocycles. The fourth-order valence-corrected chi connectivity index (χ4v) is 3.53. The molecule has 1 spiro atoms. The molecule has 1 saturated heterocycles. The Morgan fingerprint density at radius 1 is 1.52 bits per heavy atom. The van der Waals surface area contributed by atoms with Gasteiger partial charge in [-0.25, -0.2) is 4.79 Å². The molecule has 1 saturated carbocycles. The Morgan fingerprint density at radius 3 is 3.05 bits per heavy atom. The molecule has 2 N–H and O–H groups in total. The van der Waals surface area contributed by atoms with Gasteiger partial charge in [0.05, 0.1) is 19.3 Å². The van der Waals surface area contributed by atoms with Crippen LogP contribution in [0.5, 0.6) is 0 Å². The van der Waals surface area contributed by atoms with E-state index in [4.69, 9.17) is 4.74 Å². The summed E-state index contributed by atoms with van der Waals surface area (Å²) in [6.45, 7) is 1.91. The zero-order valence-electron chi connectivity index (χ0n) is 12.5. The number of carbonyl (C=O) groups excluding carboxylic acids is 1. The second-order valence-electron chi connectivity index (χ2n) is 6.12. The molecule has 0 bridgehead atoms. The van der Waals surface area contributed by atoms with Crippen LogP contribution in [0.2, 0.25) is 0 Å². The van der Waals surface area contributed by atoms with E-state index in [1.807, 2.05) is 0 Å². The van der Waals surface area contributed by atoms with Crippen molar-refractivity contribution in [2.45, 2.75) is 44.7 Å². The maximum Gasteiger partial charge on any atom is 0.315 e. The second-order valence-corrected chi connectivity index (χ2v) is 6.12. The van der Waals surface area contributed by atoms with E-state index in [1.54, 1.807) is 13.2 Å². The molecule has 7 heteroatoms. The summed E-state index contributed by atoms with van der Waals surface area (Å²) < 4.78 is 5.66. The largest absolute Gasteiger partial charge is 0.381 e. The number of rotatable bonds is 3. The van der Waals surface area contributed by atoms with Gasteiger partial charge in [-0.05, 0) is 19.3 Å². The third kappa shape index (κ3) is 3.18. The van der Waals surface area contributed by atoms with Crippen LogP contribution < -0.4 is 10.6 Å². The van der Waals surface area contributed by atoms with Crippen LogP contribution in [0.15, 0.2) is 6.20 Å². The van der Waals surface area contributed by atoms with Crippen molar-refractivity contribution in [2.75, 3.05) is 13.2 Å². The van der Waals surface area contributed by atoms with Gasteiger partial charge in [-0.2, -0.15) is 15.0 Å². The Morgan fingerprint density at radius 2 is 2.33 bits per heavy atom. The third-order valence-corrected chi connectivity index (χ3v) is 4.66. The van der Waals surface area contributed by atoms with Gasteiger partial charge in [0.25, 0.3) is 0 Å². The van der Waals surface area contributed by atoms with Crippen molar-refractivity contribution in [3.8, 4) is 0 Å². The van der Waals surface area contributed by atoms with Crippen molar-refractivity contribution in [3.63, 3.8) is 0 Å². The molecule has 0 radical (unpaired) electrons. The summed E-state index contributed by atoms with van der Waals surface area (Å²) in [6.07, 6.45) is 7.35. The normalized spacial score (nSPS) is 24.1. The van der Waals surface area contributed by atoms with Crippen molar-refractivity contribution < 1.29 is 9.53 Å². The van der Waals surface area contributed by atoms with Gasteiger partial charge in [-0.1, -0.05) is 12.8 Å². The Hall–Kier alpha value is -1.63. The summed E-state index contributed by atoms with van der Waals surface area (Å²) in [5, 5.41) is 14.1. The number of hydrogen-bond donors (Lipinski definition) is 2. The summed E-state index contributed by atoms with van der Waals surface area (Å²) >= 11 is 0. The first-order chi connectivity index (χ1) is 10.2. The van der Waals surface area contributed by atoms with Crippen molar-refractivity contribution in [3.05, 3.63) is 11.9 Å². The molecule has 0 aromatic carbocycles. The van der Waals surface area contributed by atoms with E-state index in [1.165, 1.54) is 17.6 Å². The maximum absolute atomic E-state index is 12.1. The summed E-state index contributed by atoms with van der Waals surface area (Å²) in [7, 11) is 1.76. The van der Waals surface area contributed by atoms with E-state index in [-0.39, 0.29) is 17.5 Å². The minimum absolute atomic E-state index is 0.126. The molecule has 116 valence electrons. The Bertz CT molecular complexity index is 495. The van der Waals surface area contributed by atoms with Gasteiger partial charge in [-0.3, -0.25) is 0 Å². The van der Waals surface area contributed by atoms with Crippen LogP contribution in [0.25, 0.3) is 0 Å². The number of ether oxygens (including phenoxy) is 1. The quantitative estimate of drug-likeness (QED) is 0.870. The molecule has 1 aromatic heterocycles. The highest BCUT2D eigenvalue weighted by molar-refractivity contribution is 5.74. The number of carbonyl (C=O) groups is 1. The second kappa shape index (κ2) is 6.01. The molecule has 3 rings (SSSR count). The molecule has 2 aliphatic rings. The maximum atomic E-state index is 12.1. The molecular weight excluding hydrogens is 270 g/mol. The fraction of sp³-hybridized carbons (Fsp3) is 0.786. The van der Waals surface area contributed by atoms with E-state index in [9.17, 15) is 4.79 Å². The third-order valence-electron chi connectivity index (χ3n) is 4.66. The molecule has 2 fully saturated rings. The highest BCUT2D eigenvalue weighted by atomic mass is 16.5. The van der Waals surface area contributed by atoms with Crippen LogP contribution in [-0.4, -0.2) is 40.3 Å². The Balaban J connectivity index is 1.53. The number of urea groups is 1. The average Bonchev–Trinajstić information content (AvgIpc) is 3.09. The topological polar surface area (TPSA) is 81.1 Å². The van der Waals surface area contributed by atoms with Crippen LogP contribution in [-0.2, 0) is 18.3 Å². The lowest BCUT2D eigenvalue weighted by molar-refractivity contribution is -0.0264. The molecule has 1 aromatic rings. The lowest BCUT2D eigenvalue weighted by Gasteiger charge is -2.41. The molecule has 1 aliphatic heterocycles. The highest BCUT2D eigenvalue weighted by Gasteiger charge is 2.44. The smallest absolute Gasteiger partial charge is 0.315 e. The van der Waals surface area contributed by atoms with Crippen molar-refractivity contribution in [1.82, 2.24) is 25.6 Å². The predicted octanol–water partition coefficient (Wildman–Crippen LogP) is 0.964. The fourth-order valence-electron chi connectivity index (χ4n) is 3.53. The van der Waals surface area contributed by atoms with Crippen LogP contribution in [0.1, 0.15) is 37.8 Å². The molecule has 2 amide bonds. The summed E-state index contributed by atoms with van der Waals surface area (Å²) in [5.74, 6) is 0. The standard InChI is InChI=1S/C14H23N5O2/c1-19-16-9-11(18-19)8-15-13(20)17-12-4-7-21-10-14(12)5-2-3-6-14/h9,12H,2-8,10H2,1H3,(H2,15,17,20). The van der Waals surface area contributed by atoms with Gasteiger partial charge in [0.1, 0.15) is 5.69 Å². The lowest BCUT2D eigenvalue weighted by Crippen LogP contribution is -2.54. The summed E-state index contributed by atoms with van der Waals surface area (Å²) in [6, 6.07) is 0.0921. The molecule has 1 aliphatic carbocycles. The lowest BCUT2D eigenvalue weighted by atomic mass is 9.76. The highest BCUT2D eigenvalue weighted by Crippen LogP contribution is 2.44. The van der Waals surface area contributed by atoms with Crippen LogP contribution in [0.4, 0.5) is 4.79 Å². The van der Waals surface area contributed by atoms with Gasteiger partial charge >= 0.3 is 6.03 Å². The minimum atomic E-state index is -0.126. The van der Waals surface area contributed by atoms with E-state index >= 15 is 0 Å². The summed E-state index contributed by atoms with van der Waals surface area (Å²) in [5.41, 5.74) is 0.914. The Labute approximate surface area is 124 Å². The molecule has 7 nitrogen and oxygen atoms in total. The zero-order chi connectivity index (χ0) is 14.7. The van der Waals surface area contributed by atoms with Gasteiger partial charge in [0.15, 0.2) is 0 Å². The van der Waals surface area contributed by atoms with Gasteiger partial charge in [-0.15, -0.1) is 0 Å². The van der Waals surface area contributed by atoms with Crippen molar-refractivity contribution >= 4 is 6.03 Å². The van der Waals surface area contributed by atoms with Crippen molar-refractivity contribution in [1.29, 1.82) is 0 Å². The molecular formula is C14H23N5O2. The zero-order valence-corrected chi connectivity index (χ0v) is 12.5. The molecule has 21 heavy (non-hydrogen) atoms. The number of aryl methyl sites for hydroxylation is 1. The first kappa shape index (κ1) is 14.3. The number of aromatic nitrogens is 3. The van der Waals surface area contributed by atoms with E-state index in [0.29, 0.717) is 6.54 Å². The van der Waals surface area contributed by atoms with E-state index in [2.05, 4.69) is 20.8 Å². The molecule has 1 unspecified atom stereocenters. The van der Waals surface area contributed by atoms with Crippen LogP contribution in [0.3, 0.4) is 0 Å².